The number of rotatable bonds is 7. The first-order valence-electron chi connectivity index (χ1n) is 6.45. The molecule has 0 amide bonds. The van der Waals surface area contributed by atoms with Crippen LogP contribution in [0.15, 0.2) is 35.6 Å². The number of nitrogens with one attached hydrogen (secondary N) is 1. The number of nitrogens with zero attached hydrogens (tertiary/aromatic N) is 3. The number of hydrogen-bond acceptors (Lipinski definition) is 5. The van der Waals surface area contributed by atoms with Crippen molar-refractivity contribution in [2.75, 3.05) is 39.5 Å². The van der Waals surface area contributed by atoms with Gasteiger partial charge in [0, 0.05) is 30.8 Å². The van der Waals surface area contributed by atoms with Gasteiger partial charge in [-0.25, -0.2) is 9.97 Å². The predicted octanol–water partition coefficient (Wildman–Crippen LogP) is 1.87. The maximum atomic E-state index is 4.37. The smallest absolute Gasteiger partial charge is 0.117 e. The van der Waals surface area contributed by atoms with Gasteiger partial charge in [-0.1, -0.05) is 18.2 Å². The first-order chi connectivity index (χ1) is 9.27. The second-order valence-corrected chi connectivity index (χ2v) is 5.68. The number of hydrogen-bond donors (Lipinski definition) is 1. The molecule has 1 N–H and O–H groups in total. The van der Waals surface area contributed by atoms with Crippen LogP contribution in [0.2, 0.25) is 0 Å². The van der Waals surface area contributed by atoms with E-state index in [1.807, 2.05) is 18.2 Å². The van der Waals surface area contributed by atoms with Crippen LogP contribution >= 0.6 is 11.8 Å². The SMILES string of the molecule is CN(C)CCNCCSc1ncnc2ccccc12. The molecule has 0 atom stereocenters. The Kier molecular flexibility index (Phi) is 5.57. The fourth-order valence-electron chi connectivity index (χ4n) is 1.74. The maximum Gasteiger partial charge on any atom is 0.117 e. The van der Waals surface area contributed by atoms with Crippen molar-refractivity contribution < 1.29 is 0 Å². The molecule has 1 heterocycles. The second-order valence-electron chi connectivity index (χ2n) is 4.60. The summed E-state index contributed by atoms with van der Waals surface area (Å²) in [5, 5.41) is 5.64. The fraction of sp³-hybridized carbons (Fsp3) is 0.429. The monoisotopic (exact) mass is 276 g/mol. The zero-order valence-electron chi connectivity index (χ0n) is 11.5. The Hall–Kier alpha value is -1.17. The highest BCUT2D eigenvalue weighted by molar-refractivity contribution is 7.99. The maximum absolute atomic E-state index is 4.37. The number of likely N-dealkylation sites (N-methyl/N-ethyl adjacent to an activating group) is 1. The minimum absolute atomic E-state index is 0.997. The standard InChI is InChI=1S/C14H20N4S/c1-18(2)9-7-15-8-10-19-14-12-5-3-4-6-13(12)16-11-17-14/h3-6,11,15H,7-10H2,1-2H3. The second kappa shape index (κ2) is 7.43. The van der Waals surface area contributed by atoms with Gasteiger partial charge in [0.05, 0.1) is 5.52 Å². The van der Waals surface area contributed by atoms with Crippen LogP contribution in [0.4, 0.5) is 0 Å². The Morgan fingerprint density at radius 3 is 2.84 bits per heavy atom. The van der Waals surface area contributed by atoms with E-state index >= 15 is 0 Å². The molecule has 0 bridgehead atoms. The minimum atomic E-state index is 0.997. The molecule has 0 fully saturated rings. The quantitative estimate of drug-likeness (QED) is 0.475. The van der Waals surface area contributed by atoms with E-state index in [4.69, 9.17) is 0 Å². The molecule has 4 nitrogen and oxygen atoms in total. The van der Waals surface area contributed by atoms with Gasteiger partial charge in [0.2, 0.25) is 0 Å². The number of benzene rings is 1. The summed E-state index contributed by atoms with van der Waals surface area (Å²) in [7, 11) is 4.17. The summed E-state index contributed by atoms with van der Waals surface area (Å²) in [6, 6.07) is 8.14. The Balaban J connectivity index is 1.82. The van der Waals surface area contributed by atoms with E-state index in [-0.39, 0.29) is 0 Å². The predicted molar refractivity (Wildman–Crippen MR) is 81.7 cm³/mol. The number of para-hydroxylation sites is 1. The minimum Gasteiger partial charge on any atom is -0.315 e. The lowest BCUT2D eigenvalue weighted by molar-refractivity contribution is 0.403. The lowest BCUT2D eigenvalue weighted by Crippen LogP contribution is -2.27. The summed E-state index contributed by atoms with van der Waals surface area (Å²) in [6.45, 7) is 3.09. The zero-order valence-corrected chi connectivity index (χ0v) is 12.3. The van der Waals surface area contributed by atoms with Crippen LogP contribution in [0.3, 0.4) is 0 Å². The van der Waals surface area contributed by atoms with Crippen LogP contribution in [0.25, 0.3) is 10.9 Å². The van der Waals surface area contributed by atoms with E-state index in [0.29, 0.717) is 0 Å². The van der Waals surface area contributed by atoms with Gasteiger partial charge in [-0.3, -0.25) is 0 Å². The molecule has 0 saturated heterocycles. The van der Waals surface area contributed by atoms with Crippen molar-refractivity contribution in [1.29, 1.82) is 0 Å². The summed E-state index contributed by atoms with van der Waals surface area (Å²) in [5.41, 5.74) is 1.01. The zero-order chi connectivity index (χ0) is 13.5. The molecule has 2 rings (SSSR count). The van der Waals surface area contributed by atoms with E-state index < -0.39 is 0 Å². The molecule has 0 aliphatic carbocycles. The summed E-state index contributed by atoms with van der Waals surface area (Å²) in [5.74, 6) is 1.02. The molecule has 0 radical (unpaired) electrons. The molecule has 2 aromatic rings. The normalized spacial score (nSPS) is 11.3. The van der Waals surface area contributed by atoms with Gasteiger partial charge >= 0.3 is 0 Å². The molecule has 0 aliphatic heterocycles. The first-order valence-corrected chi connectivity index (χ1v) is 7.44. The summed E-state index contributed by atoms with van der Waals surface area (Å²) < 4.78 is 0. The van der Waals surface area contributed by atoms with E-state index in [1.165, 1.54) is 0 Å². The van der Waals surface area contributed by atoms with Crippen molar-refractivity contribution >= 4 is 22.7 Å². The Morgan fingerprint density at radius 1 is 1.16 bits per heavy atom. The highest BCUT2D eigenvalue weighted by atomic mass is 32.2. The topological polar surface area (TPSA) is 41.0 Å². The number of aromatic nitrogens is 2. The summed E-state index contributed by atoms with van der Waals surface area (Å²) in [4.78, 5) is 10.8. The van der Waals surface area contributed by atoms with Crippen LogP contribution in [0.5, 0.6) is 0 Å². The van der Waals surface area contributed by atoms with Crippen LogP contribution in [0.1, 0.15) is 0 Å². The van der Waals surface area contributed by atoms with E-state index in [9.17, 15) is 0 Å². The number of thioether (sulfide) groups is 1. The molecule has 0 saturated carbocycles. The Labute approximate surface area is 118 Å². The van der Waals surface area contributed by atoms with Crippen molar-refractivity contribution in [2.45, 2.75) is 5.03 Å². The van der Waals surface area contributed by atoms with Gasteiger partial charge < -0.3 is 10.2 Å². The molecule has 102 valence electrons. The average Bonchev–Trinajstić information content (AvgIpc) is 2.42. The first kappa shape index (κ1) is 14.2. The lowest BCUT2D eigenvalue weighted by Gasteiger charge is -2.10. The average molecular weight is 276 g/mol. The summed E-state index contributed by atoms with van der Waals surface area (Å²) in [6.07, 6.45) is 1.64. The van der Waals surface area contributed by atoms with Crippen LogP contribution in [-0.2, 0) is 0 Å². The molecular weight excluding hydrogens is 256 g/mol. The largest absolute Gasteiger partial charge is 0.315 e. The van der Waals surface area contributed by atoms with Crippen molar-refractivity contribution in [3.63, 3.8) is 0 Å². The molecule has 0 aliphatic rings. The third-order valence-electron chi connectivity index (χ3n) is 2.76. The molecule has 0 spiro atoms. The van der Waals surface area contributed by atoms with Crippen molar-refractivity contribution in [3.05, 3.63) is 30.6 Å². The Morgan fingerprint density at radius 2 is 2.00 bits per heavy atom. The van der Waals surface area contributed by atoms with Crippen LogP contribution in [-0.4, -0.2) is 54.4 Å². The fourth-order valence-corrected chi connectivity index (χ4v) is 2.63. The van der Waals surface area contributed by atoms with E-state index in [0.717, 1.165) is 41.3 Å². The van der Waals surface area contributed by atoms with Crippen molar-refractivity contribution in [1.82, 2.24) is 20.2 Å². The van der Waals surface area contributed by atoms with Gasteiger partial charge in [0.1, 0.15) is 11.4 Å². The highest BCUT2D eigenvalue weighted by Gasteiger charge is 2.02. The molecule has 1 aromatic carbocycles. The molecule has 1 aromatic heterocycles. The van der Waals surface area contributed by atoms with E-state index in [1.54, 1.807) is 18.1 Å². The molecular formula is C14H20N4S. The molecule has 19 heavy (non-hydrogen) atoms. The number of fused-ring (bicyclic) bond motifs is 1. The summed E-state index contributed by atoms with van der Waals surface area (Å²) >= 11 is 1.78. The van der Waals surface area contributed by atoms with E-state index in [2.05, 4.69) is 40.3 Å². The van der Waals surface area contributed by atoms with Gasteiger partial charge in [0.15, 0.2) is 0 Å². The molecule has 5 heteroatoms. The highest BCUT2D eigenvalue weighted by Crippen LogP contribution is 2.23. The van der Waals surface area contributed by atoms with Crippen molar-refractivity contribution in [3.8, 4) is 0 Å². The van der Waals surface area contributed by atoms with Crippen molar-refractivity contribution in [2.24, 2.45) is 0 Å². The van der Waals surface area contributed by atoms with Crippen LogP contribution < -0.4 is 5.32 Å². The third-order valence-corrected chi connectivity index (χ3v) is 3.77. The van der Waals surface area contributed by atoms with Gasteiger partial charge in [-0.15, -0.1) is 11.8 Å². The third kappa shape index (κ3) is 4.45. The van der Waals surface area contributed by atoms with Gasteiger partial charge in [-0.2, -0.15) is 0 Å². The molecule has 0 unspecified atom stereocenters. The lowest BCUT2D eigenvalue weighted by atomic mass is 10.2. The van der Waals surface area contributed by atoms with Gasteiger partial charge in [-0.05, 0) is 20.2 Å². The van der Waals surface area contributed by atoms with Crippen LogP contribution in [0, 0.1) is 0 Å². The van der Waals surface area contributed by atoms with Gasteiger partial charge in [0.25, 0.3) is 0 Å². The Bertz CT molecular complexity index is 510.